The molecule has 2 rings (SSSR count). The van der Waals surface area contributed by atoms with Gasteiger partial charge in [-0.1, -0.05) is 50.1 Å². The van der Waals surface area contributed by atoms with Crippen molar-refractivity contribution in [2.75, 3.05) is 19.0 Å². The van der Waals surface area contributed by atoms with Crippen molar-refractivity contribution in [3.05, 3.63) is 23.2 Å². The first kappa shape index (κ1) is 15.5. The molecular weight excluding hydrogens is 292 g/mol. The number of anilines is 1. The summed E-state index contributed by atoms with van der Waals surface area (Å²) in [4.78, 5) is 4.60. The van der Waals surface area contributed by atoms with E-state index in [0.717, 1.165) is 29.1 Å². The second-order valence-corrected chi connectivity index (χ2v) is 6.51. The Morgan fingerprint density at radius 2 is 2.20 bits per heavy atom. The Labute approximate surface area is 130 Å². The Balaban J connectivity index is 2.03. The lowest BCUT2D eigenvalue weighted by Crippen LogP contribution is -2.17. The van der Waals surface area contributed by atoms with Gasteiger partial charge < -0.3 is 10.1 Å². The number of hydrogen-bond acceptors (Lipinski definition) is 4. The highest BCUT2D eigenvalue weighted by Crippen LogP contribution is 2.34. The molecule has 1 heterocycles. The van der Waals surface area contributed by atoms with Crippen LogP contribution < -0.4 is 10.1 Å². The summed E-state index contributed by atoms with van der Waals surface area (Å²) in [6, 6.07) is 5.55. The van der Waals surface area contributed by atoms with Crippen molar-refractivity contribution in [3.8, 4) is 5.75 Å². The van der Waals surface area contributed by atoms with E-state index < -0.39 is 0 Å². The normalized spacial score (nSPS) is 18.2. The number of aliphatic imine (C=N–C) groups is 1. The van der Waals surface area contributed by atoms with Crippen molar-refractivity contribution in [1.82, 2.24) is 0 Å². The van der Waals surface area contributed by atoms with Crippen molar-refractivity contribution >= 4 is 34.2 Å². The van der Waals surface area contributed by atoms with Gasteiger partial charge in [0.2, 0.25) is 0 Å². The third kappa shape index (κ3) is 3.61. The zero-order chi connectivity index (χ0) is 14.5. The summed E-state index contributed by atoms with van der Waals surface area (Å²) in [6.45, 7) is 5.39. The lowest BCUT2D eigenvalue weighted by molar-refractivity contribution is 0.417. The Bertz CT molecular complexity index is 489. The Hall–Kier alpha value is -0.870. The number of nitrogens with one attached hydrogen (secondary N) is 1. The molecular formula is C15H21ClN2OS. The molecule has 1 aliphatic rings. The molecule has 5 heteroatoms. The third-order valence-corrected chi connectivity index (χ3v) is 5.18. The molecule has 0 amide bonds. The predicted octanol–water partition coefficient (Wildman–Crippen LogP) is 4.67. The van der Waals surface area contributed by atoms with Crippen LogP contribution >= 0.6 is 23.4 Å². The minimum absolute atomic E-state index is 0.581. The fourth-order valence-electron chi connectivity index (χ4n) is 2.41. The second-order valence-electron chi connectivity index (χ2n) is 4.85. The average Bonchev–Trinajstić information content (AvgIpc) is 2.89. The zero-order valence-corrected chi connectivity index (χ0v) is 13.7. The van der Waals surface area contributed by atoms with E-state index in [0.29, 0.717) is 10.3 Å². The highest BCUT2D eigenvalue weighted by atomic mass is 35.5. The molecule has 0 aromatic heterocycles. The maximum atomic E-state index is 6.04. The quantitative estimate of drug-likeness (QED) is 0.858. The molecule has 110 valence electrons. The molecule has 3 nitrogen and oxygen atoms in total. The van der Waals surface area contributed by atoms with Crippen LogP contribution in [0.5, 0.6) is 5.75 Å². The maximum Gasteiger partial charge on any atom is 0.161 e. The highest BCUT2D eigenvalue weighted by molar-refractivity contribution is 8.15. The molecule has 1 aromatic rings. The summed E-state index contributed by atoms with van der Waals surface area (Å²) in [6.07, 6.45) is 2.41. The smallest absolute Gasteiger partial charge is 0.161 e. The van der Waals surface area contributed by atoms with Gasteiger partial charge in [-0.25, -0.2) is 0 Å². The van der Waals surface area contributed by atoms with Crippen LogP contribution in [-0.4, -0.2) is 24.1 Å². The van der Waals surface area contributed by atoms with Gasteiger partial charge in [0.25, 0.3) is 0 Å². The van der Waals surface area contributed by atoms with Crippen LogP contribution in [0.4, 0.5) is 5.69 Å². The maximum absolute atomic E-state index is 6.04. The van der Waals surface area contributed by atoms with E-state index in [-0.39, 0.29) is 0 Å². The molecule has 20 heavy (non-hydrogen) atoms. The van der Waals surface area contributed by atoms with Crippen molar-refractivity contribution in [2.24, 2.45) is 10.9 Å². The van der Waals surface area contributed by atoms with Gasteiger partial charge in [0.15, 0.2) is 5.17 Å². The lowest BCUT2D eigenvalue weighted by Gasteiger charge is -2.19. The highest BCUT2D eigenvalue weighted by Gasteiger charge is 2.26. The summed E-state index contributed by atoms with van der Waals surface area (Å²) in [7, 11) is 1.66. The molecule has 0 radical (unpaired) electrons. The van der Waals surface area contributed by atoms with E-state index in [1.165, 1.54) is 12.8 Å². The Morgan fingerprint density at radius 3 is 2.85 bits per heavy atom. The number of thioether (sulfide) groups is 1. The molecule has 0 saturated heterocycles. The summed E-state index contributed by atoms with van der Waals surface area (Å²) in [5.41, 5.74) is 0.872. The molecule has 1 aromatic carbocycles. The largest absolute Gasteiger partial charge is 0.495 e. The number of nitrogens with zero attached hydrogens (tertiary/aromatic N) is 1. The number of methoxy groups -OCH3 is 1. The SMILES string of the molecule is CCC(CC)C1CN=C(Nc2cc(Cl)ccc2OC)S1. The van der Waals surface area contributed by atoms with Gasteiger partial charge in [-0.2, -0.15) is 0 Å². The summed E-state index contributed by atoms with van der Waals surface area (Å²) >= 11 is 7.87. The monoisotopic (exact) mass is 312 g/mol. The van der Waals surface area contributed by atoms with Crippen LogP contribution in [0.25, 0.3) is 0 Å². The molecule has 0 spiro atoms. The van der Waals surface area contributed by atoms with Crippen molar-refractivity contribution in [3.63, 3.8) is 0 Å². The number of amidine groups is 1. The van der Waals surface area contributed by atoms with Crippen molar-refractivity contribution < 1.29 is 4.74 Å². The molecule has 0 saturated carbocycles. The van der Waals surface area contributed by atoms with Gasteiger partial charge in [0.1, 0.15) is 5.75 Å². The molecule has 1 atom stereocenters. The summed E-state index contributed by atoms with van der Waals surface area (Å²) in [5, 5.41) is 5.57. The van der Waals surface area contributed by atoms with Gasteiger partial charge in [0.05, 0.1) is 19.3 Å². The third-order valence-electron chi connectivity index (χ3n) is 3.66. The first-order valence-electron chi connectivity index (χ1n) is 6.99. The van der Waals surface area contributed by atoms with Gasteiger partial charge in [-0.15, -0.1) is 0 Å². The molecule has 1 unspecified atom stereocenters. The minimum Gasteiger partial charge on any atom is -0.495 e. The molecule has 1 aliphatic heterocycles. The first-order chi connectivity index (χ1) is 9.67. The van der Waals surface area contributed by atoms with Crippen LogP contribution in [-0.2, 0) is 0 Å². The number of ether oxygens (including phenoxy) is 1. The minimum atomic E-state index is 0.581. The van der Waals surface area contributed by atoms with E-state index >= 15 is 0 Å². The second kappa shape index (κ2) is 7.23. The fourth-order valence-corrected chi connectivity index (χ4v) is 3.92. The van der Waals surface area contributed by atoms with Crippen molar-refractivity contribution in [2.45, 2.75) is 31.9 Å². The number of rotatable bonds is 5. The van der Waals surface area contributed by atoms with Crippen LogP contribution in [0.1, 0.15) is 26.7 Å². The van der Waals surface area contributed by atoms with E-state index in [4.69, 9.17) is 16.3 Å². The van der Waals surface area contributed by atoms with Crippen LogP contribution in [0.3, 0.4) is 0 Å². The van der Waals surface area contributed by atoms with Crippen LogP contribution in [0.2, 0.25) is 5.02 Å². The van der Waals surface area contributed by atoms with Gasteiger partial charge in [-0.05, 0) is 24.1 Å². The first-order valence-corrected chi connectivity index (χ1v) is 8.25. The van der Waals surface area contributed by atoms with E-state index in [9.17, 15) is 0 Å². The summed E-state index contributed by atoms with van der Waals surface area (Å²) < 4.78 is 5.34. The van der Waals surface area contributed by atoms with Gasteiger partial charge in [0, 0.05) is 10.3 Å². The van der Waals surface area contributed by atoms with Crippen LogP contribution in [0, 0.1) is 5.92 Å². The summed E-state index contributed by atoms with van der Waals surface area (Å²) in [5.74, 6) is 1.51. The van der Waals surface area contributed by atoms with E-state index in [1.807, 2.05) is 30.0 Å². The standard InChI is InChI=1S/C15H21ClN2OS/c1-4-10(5-2)14-9-17-15(20-14)18-12-8-11(16)6-7-13(12)19-3/h6-8,10,14H,4-5,9H2,1-3H3,(H,17,18). The van der Waals surface area contributed by atoms with E-state index in [2.05, 4.69) is 24.2 Å². The number of hydrogen-bond donors (Lipinski definition) is 1. The average molecular weight is 313 g/mol. The molecule has 0 bridgehead atoms. The number of benzene rings is 1. The zero-order valence-electron chi connectivity index (χ0n) is 12.1. The van der Waals surface area contributed by atoms with E-state index in [1.54, 1.807) is 7.11 Å². The van der Waals surface area contributed by atoms with Gasteiger partial charge >= 0.3 is 0 Å². The fraction of sp³-hybridized carbons (Fsp3) is 0.533. The van der Waals surface area contributed by atoms with Crippen molar-refractivity contribution in [1.29, 1.82) is 0 Å². The Morgan fingerprint density at radius 1 is 1.45 bits per heavy atom. The lowest BCUT2D eigenvalue weighted by atomic mass is 9.99. The van der Waals surface area contributed by atoms with Crippen LogP contribution in [0.15, 0.2) is 23.2 Å². The number of halogens is 1. The topological polar surface area (TPSA) is 33.6 Å². The predicted molar refractivity (Wildman–Crippen MR) is 89.4 cm³/mol. The molecule has 0 fully saturated rings. The Kier molecular flexibility index (Phi) is 5.61. The molecule has 0 aliphatic carbocycles. The van der Waals surface area contributed by atoms with Gasteiger partial charge in [-0.3, -0.25) is 4.99 Å². The molecule has 1 N–H and O–H groups in total.